The third-order valence-corrected chi connectivity index (χ3v) is 5.20. The third kappa shape index (κ3) is 3.88. The van der Waals surface area contributed by atoms with Gasteiger partial charge in [0.05, 0.1) is 4.90 Å². The smallest absolute Gasteiger partial charge is 0.240 e. The topological polar surface area (TPSA) is 64.6 Å². The Hall–Kier alpha value is -2.05. The lowest BCUT2D eigenvalue weighted by Gasteiger charge is -2.09. The summed E-state index contributed by atoms with van der Waals surface area (Å²) >= 11 is 0. The van der Waals surface area contributed by atoms with Crippen LogP contribution >= 0.6 is 0 Å². The van der Waals surface area contributed by atoms with Crippen molar-refractivity contribution in [3.05, 3.63) is 53.6 Å². The van der Waals surface area contributed by atoms with Crippen LogP contribution in [-0.2, 0) is 23.0 Å². The molecule has 24 heavy (non-hydrogen) atoms. The Kier molecular flexibility index (Phi) is 4.78. The van der Waals surface area contributed by atoms with Gasteiger partial charge in [0, 0.05) is 6.54 Å². The first-order valence-electron chi connectivity index (χ1n) is 7.91. The number of hydrogen-bond donors (Lipinski definition) is 1. The first-order valence-corrected chi connectivity index (χ1v) is 9.39. The van der Waals surface area contributed by atoms with E-state index in [2.05, 4.69) is 18.6 Å². The number of benzene rings is 2. The largest absolute Gasteiger partial charge is 0.454 e. The van der Waals surface area contributed by atoms with Crippen molar-refractivity contribution in [2.75, 3.05) is 6.79 Å². The molecule has 0 spiro atoms. The predicted octanol–water partition coefficient (Wildman–Crippen LogP) is 3.09. The van der Waals surface area contributed by atoms with E-state index < -0.39 is 10.0 Å². The monoisotopic (exact) mass is 347 g/mol. The highest BCUT2D eigenvalue weighted by atomic mass is 32.2. The van der Waals surface area contributed by atoms with Gasteiger partial charge in [0.1, 0.15) is 0 Å². The van der Waals surface area contributed by atoms with Crippen molar-refractivity contribution in [1.29, 1.82) is 0 Å². The summed E-state index contributed by atoms with van der Waals surface area (Å²) in [5, 5.41) is 0. The van der Waals surface area contributed by atoms with Gasteiger partial charge in [0.2, 0.25) is 16.8 Å². The van der Waals surface area contributed by atoms with Crippen LogP contribution in [0.25, 0.3) is 0 Å². The minimum Gasteiger partial charge on any atom is -0.454 e. The molecule has 128 valence electrons. The zero-order chi connectivity index (χ0) is 17.2. The first-order chi connectivity index (χ1) is 11.4. The summed E-state index contributed by atoms with van der Waals surface area (Å²) in [5.41, 5.74) is 1.96. The minimum atomic E-state index is -3.54. The molecule has 0 aromatic heterocycles. The standard InChI is InChI=1S/C18H21NO4S/c1-13(2)9-14-3-6-16(7-4-14)24(20,21)19-11-15-5-8-17-18(10-15)23-12-22-17/h3-8,10,13,19H,9,11-12H2,1-2H3. The summed E-state index contributed by atoms with van der Waals surface area (Å²) in [7, 11) is -3.54. The first kappa shape index (κ1) is 16.8. The Morgan fingerprint density at radius 1 is 1.00 bits per heavy atom. The summed E-state index contributed by atoms with van der Waals surface area (Å²) in [5.74, 6) is 1.86. The number of sulfonamides is 1. The molecule has 1 aliphatic rings. The van der Waals surface area contributed by atoms with Gasteiger partial charge in [0.15, 0.2) is 11.5 Å². The van der Waals surface area contributed by atoms with Crippen molar-refractivity contribution >= 4 is 10.0 Å². The summed E-state index contributed by atoms with van der Waals surface area (Å²) in [4.78, 5) is 0.274. The van der Waals surface area contributed by atoms with Crippen LogP contribution in [0.3, 0.4) is 0 Å². The van der Waals surface area contributed by atoms with E-state index in [4.69, 9.17) is 9.47 Å². The van der Waals surface area contributed by atoms with Gasteiger partial charge in [-0.05, 0) is 47.7 Å². The van der Waals surface area contributed by atoms with Crippen molar-refractivity contribution < 1.29 is 17.9 Å². The summed E-state index contributed by atoms with van der Waals surface area (Å²) < 4.78 is 38.0. The van der Waals surface area contributed by atoms with E-state index in [-0.39, 0.29) is 18.2 Å². The van der Waals surface area contributed by atoms with Gasteiger partial charge in [0.25, 0.3) is 0 Å². The molecule has 0 saturated carbocycles. The summed E-state index contributed by atoms with van der Waals surface area (Å²) in [6.07, 6.45) is 0.935. The molecule has 2 aromatic carbocycles. The Morgan fingerprint density at radius 2 is 1.67 bits per heavy atom. The lowest BCUT2D eigenvalue weighted by Crippen LogP contribution is -2.23. The Bertz CT molecular complexity index is 813. The maximum absolute atomic E-state index is 12.4. The molecule has 0 saturated heterocycles. The second-order valence-corrected chi connectivity index (χ2v) is 8.02. The number of fused-ring (bicyclic) bond motifs is 1. The van der Waals surface area contributed by atoms with Gasteiger partial charge in [-0.2, -0.15) is 0 Å². The summed E-state index contributed by atoms with van der Waals surface area (Å²) in [6, 6.07) is 12.4. The number of ether oxygens (including phenoxy) is 2. The molecular formula is C18H21NO4S. The molecule has 2 aromatic rings. The average Bonchev–Trinajstić information content (AvgIpc) is 3.00. The number of rotatable bonds is 6. The second-order valence-electron chi connectivity index (χ2n) is 6.25. The minimum absolute atomic E-state index is 0.201. The fourth-order valence-electron chi connectivity index (χ4n) is 2.59. The molecule has 0 fully saturated rings. The van der Waals surface area contributed by atoms with Crippen LogP contribution in [0.15, 0.2) is 47.4 Å². The molecule has 0 bridgehead atoms. The molecule has 0 amide bonds. The van der Waals surface area contributed by atoms with Gasteiger partial charge in [-0.15, -0.1) is 0 Å². The lowest BCUT2D eigenvalue weighted by molar-refractivity contribution is 0.174. The van der Waals surface area contributed by atoms with E-state index in [0.717, 1.165) is 17.5 Å². The van der Waals surface area contributed by atoms with Crippen LogP contribution in [0.2, 0.25) is 0 Å². The van der Waals surface area contributed by atoms with Crippen LogP contribution in [-0.4, -0.2) is 15.2 Å². The van der Waals surface area contributed by atoms with E-state index in [0.29, 0.717) is 17.4 Å². The van der Waals surface area contributed by atoms with Crippen LogP contribution in [0, 0.1) is 5.92 Å². The molecule has 0 unspecified atom stereocenters. The Balaban J connectivity index is 1.67. The second kappa shape index (κ2) is 6.83. The van der Waals surface area contributed by atoms with E-state index in [1.54, 1.807) is 24.3 Å². The fraction of sp³-hybridized carbons (Fsp3) is 0.333. The average molecular weight is 347 g/mol. The summed E-state index contributed by atoms with van der Waals surface area (Å²) in [6.45, 7) is 4.68. The highest BCUT2D eigenvalue weighted by molar-refractivity contribution is 7.89. The molecule has 5 nitrogen and oxygen atoms in total. The zero-order valence-electron chi connectivity index (χ0n) is 13.8. The van der Waals surface area contributed by atoms with Crippen molar-refractivity contribution in [2.24, 2.45) is 5.92 Å². The van der Waals surface area contributed by atoms with E-state index in [1.165, 1.54) is 0 Å². The lowest BCUT2D eigenvalue weighted by atomic mass is 10.0. The third-order valence-electron chi connectivity index (χ3n) is 3.78. The van der Waals surface area contributed by atoms with E-state index >= 15 is 0 Å². The van der Waals surface area contributed by atoms with Crippen LogP contribution < -0.4 is 14.2 Å². The molecule has 1 heterocycles. The molecule has 1 aliphatic heterocycles. The molecule has 0 aliphatic carbocycles. The van der Waals surface area contributed by atoms with Gasteiger partial charge >= 0.3 is 0 Å². The van der Waals surface area contributed by atoms with E-state index in [9.17, 15) is 8.42 Å². The molecule has 6 heteroatoms. The van der Waals surface area contributed by atoms with Crippen molar-refractivity contribution in [2.45, 2.75) is 31.7 Å². The van der Waals surface area contributed by atoms with Crippen LogP contribution in [0.5, 0.6) is 11.5 Å². The quantitative estimate of drug-likeness (QED) is 0.872. The van der Waals surface area contributed by atoms with Crippen molar-refractivity contribution in [3.63, 3.8) is 0 Å². The van der Waals surface area contributed by atoms with E-state index in [1.807, 2.05) is 18.2 Å². The number of hydrogen-bond acceptors (Lipinski definition) is 4. The highest BCUT2D eigenvalue weighted by Crippen LogP contribution is 2.32. The fourth-order valence-corrected chi connectivity index (χ4v) is 3.61. The van der Waals surface area contributed by atoms with Gasteiger partial charge < -0.3 is 9.47 Å². The number of nitrogens with one attached hydrogen (secondary N) is 1. The van der Waals surface area contributed by atoms with Crippen LogP contribution in [0.1, 0.15) is 25.0 Å². The molecule has 0 radical (unpaired) electrons. The molecule has 3 rings (SSSR count). The molecule has 1 N–H and O–H groups in total. The van der Waals surface area contributed by atoms with Crippen LogP contribution in [0.4, 0.5) is 0 Å². The van der Waals surface area contributed by atoms with Gasteiger partial charge in [-0.3, -0.25) is 0 Å². The maximum atomic E-state index is 12.4. The Labute approximate surface area is 142 Å². The normalized spacial score (nSPS) is 13.5. The predicted molar refractivity (Wildman–Crippen MR) is 91.6 cm³/mol. The SMILES string of the molecule is CC(C)Cc1ccc(S(=O)(=O)NCc2ccc3c(c2)OCO3)cc1. The van der Waals surface area contributed by atoms with Gasteiger partial charge in [-0.1, -0.05) is 32.0 Å². The molecular weight excluding hydrogens is 326 g/mol. The molecule has 0 atom stereocenters. The zero-order valence-corrected chi connectivity index (χ0v) is 14.6. The van der Waals surface area contributed by atoms with Crippen molar-refractivity contribution in [1.82, 2.24) is 4.72 Å². The maximum Gasteiger partial charge on any atom is 0.240 e. The Morgan fingerprint density at radius 3 is 2.38 bits per heavy atom. The van der Waals surface area contributed by atoms with Crippen molar-refractivity contribution in [3.8, 4) is 11.5 Å². The highest BCUT2D eigenvalue weighted by Gasteiger charge is 2.16. The van der Waals surface area contributed by atoms with Gasteiger partial charge in [-0.25, -0.2) is 13.1 Å².